The molecule has 0 aromatic rings. The molecular formula is C24H42O8. The third kappa shape index (κ3) is 14.2. The fourth-order valence-electron chi connectivity index (χ4n) is 3.54. The Bertz CT molecular complexity index is 574. The summed E-state index contributed by atoms with van der Waals surface area (Å²) in [5, 5.41) is 28.0. The highest BCUT2D eigenvalue weighted by molar-refractivity contribution is 5.90. The number of carbonyl (C=O) groups is 4. The highest BCUT2D eigenvalue weighted by Crippen LogP contribution is 2.20. The minimum Gasteiger partial charge on any atom is -0.481 e. The Hall–Kier alpha value is -1.96. The zero-order chi connectivity index (χ0) is 24.4. The van der Waals surface area contributed by atoms with E-state index < -0.39 is 42.5 Å². The number of carbonyl (C=O) groups excluding carboxylic acids is 2. The van der Waals surface area contributed by atoms with Gasteiger partial charge in [0.25, 0.3) is 0 Å². The van der Waals surface area contributed by atoms with Crippen LogP contribution in [0.25, 0.3) is 0 Å². The zero-order valence-electron chi connectivity index (χ0n) is 19.8. The normalized spacial score (nSPS) is 13.8. The van der Waals surface area contributed by atoms with E-state index >= 15 is 0 Å². The molecule has 0 spiro atoms. The van der Waals surface area contributed by atoms with Crippen LogP contribution in [0.15, 0.2) is 0 Å². The lowest BCUT2D eigenvalue weighted by Gasteiger charge is -2.22. The molecule has 0 aliphatic heterocycles. The number of hydrogen-bond donors (Lipinski definition) is 3. The molecule has 0 aromatic heterocycles. The number of Topliss-reactive ketones (excluding diaryl/α,β-unsaturated/α-hetero) is 1. The molecule has 2 atom stereocenters. The van der Waals surface area contributed by atoms with Crippen LogP contribution in [0.4, 0.5) is 0 Å². The van der Waals surface area contributed by atoms with E-state index in [2.05, 4.69) is 6.92 Å². The van der Waals surface area contributed by atoms with Gasteiger partial charge in [0.1, 0.15) is 0 Å². The lowest BCUT2D eigenvalue weighted by Crippen LogP contribution is -2.44. The van der Waals surface area contributed by atoms with Gasteiger partial charge in [-0.15, -0.1) is 0 Å². The van der Waals surface area contributed by atoms with E-state index in [0.717, 1.165) is 32.1 Å². The Morgan fingerprint density at radius 2 is 1.25 bits per heavy atom. The van der Waals surface area contributed by atoms with Gasteiger partial charge in [0.15, 0.2) is 17.5 Å². The maximum absolute atomic E-state index is 12.5. The number of esters is 1. The molecule has 3 N–H and O–H groups in total. The van der Waals surface area contributed by atoms with E-state index in [4.69, 9.17) is 14.9 Å². The van der Waals surface area contributed by atoms with Crippen molar-refractivity contribution in [2.45, 2.75) is 128 Å². The summed E-state index contributed by atoms with van der Waals surface area (Å²) in [4.78, 5) is 46.9. The number of unbranched alkanes of at least 4 members (excludes halogenated alkanes) is 10. The van der Waals surface area contributed by atoms with E-state index in [1.807, 2.05) is 6.92 Å². The van der Waals surface area contributed by atoms with E-state index in [9.17, 15) is 24.3 Å². The first-order valence-electron chi connectivity index (χ1n) is 12.1. The molecule has 0 heterocycles. The SMILES string of the molecule is CCCCCCCCCCCC(OC(=O)CC(O)(CC(=O)O)C(=O)O)C(=O)CCCCC. The van der Waals surface area contributed by atoms with Gasteiger partial charge in [0.2, 0.25) is 0 Å². The first-order chi connectivity index (χ1) is 15.2. The van der Waals surface area contributed by atoms with Crippen molar-refractivity contribution in [2.24, 2.45) is 0 Å². The van der Waals surface area contributed by atoms with Crippen molar-refractivity contribution in [2.75, 3.05) is 0 Å². The van der Waals surface area contributed by atoms with Crippen molar-refractivity contribution in [1.29, 1.82) is 0 Å². The van der Waals surface area contributed by atoms with Gasteiger partial charge in [-0.25, -0.2) is 4.79 Å². The summed E-state index contributed by atoms with van der Waals surface area (Å²) in [5.41, 5.74) is -2.77. The van der Waals surface area contributed by atoms with E-state index in [1.165, 1.54) is 32.1 Å². The molecule has 0 aliphatic rings. The molecule has 0 saturated carbocycles. The Kier molecular flexibility index (Phi) is 16.5. The summed E-state index contributed by atoms with van der Waals surface area (Å²) in [6.45, 7) is 4.20. The Morgan fingerprint density at radius 1 is 0.750 bits per heavy atom. The van der Waals surface area contributed by atoms with E-state index in [1.54, 1.807) is 0 Å². The van der Waals surface area contributed by atoms with Crippen molar-refractivity contribution in [3.05, 3.63) is 0 Å². The maximum atomic E-state index is 12.5. The standard InChI is InChI=1S/C24H42O8/c1-3-5-7-8-9-10-11-12-14-16-20(19(25)15-13-6-4-2)32-22(28)18-24(31,23(29)30)17-21(26)27/h20,31H,3-18H2,1-2H3,(H,26,27)(H,29,30). The van der Waals surface area contributed by atoms with Gasteiger partial charge in [0, 0.05) is 6.42 Å². The van der Waals surface area contributed by atoms with Crippen LogP contribution in [-0.2, 0) is 23.9 Å². The van der Waals surface area contributed by atoms with Crippen molar-refractivity contribution < 1.29 is 39.2 Å². The minimum absolute atomic E-state index is 0.219. The summed E-state index contributed by atoms with van der Waals surface area (Å²) < 4.78 is 5.24. The molecule has 0 aliphatic carbocycles. The lowest BCUT2D eigenvalue weighted by molar-refractivity contribution is -0.174. The number of hydrogen-bond acceptors (Lipinski definition) is 6. The van der Waals surface area contributed by atoms with Crippen molar-refractivity contribution >= 4 is 23.7 Å². The molecule has 0 amide bonds. The molecular weight excluding hydrogens is 416 g/mol. The smallest absolute Gasteiger partial charge is 0.336 e. The average Bonchev–Trinajstić information content (AvgIpc) is 2.70. The van der Waals surface area contributed by atoms with Gasteiger partial charge in [-0.05, 0) is 19.3 Å². The predicted molar refractivity (Wildman–Crippen MR) is 120 cm³/mol. The van der Waals surface area contributed by atoms with Gasteiger partial charge >= 0.3 is 17.9 Å². The number of ether oxygens (including phenoxy) is 1. The molecule has 2 unspecified atom stereocenters. The number of carboxylic acid groups (broad SMARTS) is 2. The Labute approximate surface area is 191 Å². The Balaban J connectivity index is 4.71. The fraction of sp³-hybridized carbons (Fsp3) is 0.833. The molecule has 0 aromatic carbocycles. The summed E-state index contributed by atoms with van der Waals surface area (Å²) in [7, 11) is 0. The van der Waals surface area contributed by atoms with Crippen LogP contribution in [0.1, 0.15) is 117 Å². The highest BCUT2D eigenvalue weighted by atomic mass is 16.5. The van der Waals surface area contributed by atoms with Gasteiger partial charge in [-0.1, -0.05) is 78.1 Å². The van der Waals surface area contributed by atoms with Crippen molar-refractivity contribution in [3.63, 3.8) is 0 Å². The second-order valence-electron chi connectivity index (χ2n) is 8.60. The van der Waals surface area contributed by atoms with E-state index in [0.29, 0.717) is 19.3 Å². The summed E-state index contributed by atoms with van der Waals surface area (Å²) in [6, 6.07) is 0. The van der Waals surface area contributed by atoms with E-state index in [-0.39, 0.29) is 12.2 Å². The first kappa shape index (κ1) is 30.0. The van der Waals surface area contributed by atoms with Crippen LogP contribution in [0.3, 0.4) is 0 Å². The minimum atomic E-state index is -2.77. The quantitative estimate of drug-likeness (QED) is 0.167. The number of ketones is 1. The van der Waals surface area contributed by atoms with Crippen LogP contribution < -0.4 is 0 Å². The number of rotatable bonds is 21. The van der Waals surface area contributed by atoms with Crippen LogP contribution in [-0.4, -0.2) is 50.7 Å². The third-order valence-corrected chi connectivity index (χ3v) is 5.51. The number of carboxylic acids is 2. The Morgan fingerprint density at radius 3 is 1.75 bits per heavy atom. The average molecular weight is 459 g/mol. The third-order valence-electron chi connectivity index (χ3n) is 5.51. The highest BCUT2D eigenvalue weighted by Gasteiger charge is 2.42. The van der Waals surface area contributed by atoms with Gasteiger partial charge in [-0.3, -0.25) is 14.4 Å². The number of aliphatic carboxylic acids is 2. The zero-order valence-corrected chi connectivity index (χ0v) is 19.8. The fourth-order valence-corrected chi connectivity index (χ4v) is 3.54. The maximum Gasteiger partial charge on any atom is 0.336 e. The molecule has 0 fully saturated rings. The van der Waals surface area contributed by atoms with Crippen LogP contribution in [0, 0.1) is 0 Å². The predicted octanol–water partition coefficient (Wildman–Crippen LogP) is 4.65. The lowest BCUT2D eigenvalue weighted by atomic mass is 9.95. The summed E-state index contributed by atoms with van der Waals surface area (Å²) >= 11 is 0. The second-order valence-corrected chi connectivity index (χ2v) is 8.60. The second kappa shape index (κ2) is 17.6. The topological polar surface area (TPSA) is 138 Å². The van der Waals surface area contributed by atoms with Crippen LogP contribution >= 0.6 is 0 Å². The summed E-state index contributed by atoms with van der Waals surface area (Å²) in [6.07, 6.45) is 9.87. The van der Waals surface area contributed by atoms with Crippen molar-refractivity contribution in [1.82, 2.24) is 0 Å². The van der Waals surface area contributed by atoms with Crippen molar-refractivity contribution in [3.8, 4) is 0 Å². The molecule has 32 heavy (non-hydrogen) atoms. The molecule has 0 saturated heterocycles. The van der Waals surface area contributed by atoms with Crippen LogP contribution in [0.5, 0.6) is 0 Å². The monoisotopic (exact) mass is 458 g/mol. The molecule has 0 radical (unpaired) electrons. The van der Waals surface area contributed by atoms with Crippen LogP contribution in [0.2, 0.25) is 0 Å². The molecule has 0 rings (SSSR count). The largest absolute Gasteiger partial charge is 0.481 e. The molecule has 8 nitrogen and oxygen atoms in total. The number of aliphatic hydroxyl groups is 1. The van der Waals surface area contributed by atoms with Gasteiger partial charge in [0.05, 0.1) is 12.8 Å². The van der Waals surface area contributed by atoms with Gasteiger partial charge in [-0.2, -0.15) is 0 Å². The molecule has 0 bridgehead atoms. The molecule has 8 heteroatoms. The molecule has 186 valence electrons. The summed E-state index contributed by atoms with van der Waals surface area (Å²) in [5.74, 6) is -4.67. The van der Waals surface area contributed by atoms with Gasteiger partial charge < -0.3 is 20.1 Å². The first-order valence-corrected chi connectivity index (χ1v) is 12.1.